The molecular formula is C23H32N4O6S. The van der Waals surface area contributed by atoms with Gasteiger partial charge in [0, 0.05) is 44.4 Å². The van der Waals surface area contributed by atoms with Crippen LogP contribution in [0.4, 0.5) is 0 Å². The van der Waals surface area contributed by atoms with Crippen LogP contribution in [0.15, 0.2) is 34.9 Å². The van der Waals surface area contributed by atoms with Gasteiger partial charge in [0.05, 0.1) is 5.75 Å². The predicted octanol–water partition coefficient (Wildman–Crippen LogP) is 1.91. The van der Waals surface area contributed by atoms with Crippen LogP contribution < -0.4 is 0 Å². The Bertz CT molecular complexity index is 1070. The van der Waals surface area contributed by atoms with Gasteiger partial charge in [-0.15, -0.1) is 0 Å². The third-order valence-corrected chi connectivity index (χ3v) is 7.29. The Balaban J connectivity index is 1.35. The highest BCUT2D eigenvalue weighted by atomic mass is 32.2. The average molecular weight is 493 g/mol. The summed E-state index contributed by atoms with van der Waals surface area (Å²) >= 11 is 0. The lowest BCUT2D eigenvalue weighted by atomic mass is 9.96. The van der Waals surface area contributed by atoms with Gasteiger partial charge in [-0.25, -0.2) is 8.42 Å². The molecular weight excluding hydrogens is 460 g/mol. The number of carbonyl (C=O) groups excluding carboxylic acids is 2. The Hall–Kier alpha value is -2.79. The monoisotopic (exact) mass is 492 g/mol. The first-order valence-electron chi connectivity index (χ1n) is 11.3. The Morgan fingerprint density at radius 3 is 2.38 bits per heavy atom. The minimum absolute atomic E-state index is 0.0689. The van der Waals surface area contributed by atoms with Gasteiger partial charge < -0.3 is 14.2 Å². The first-order valence-corrected chi connectivity index (χ1v) is 12.9. The number of sulfonamides is 1. The van der Waals surface area contributed by atoms with Gasteiger partial charge in [-0.05, 0) is 12.0 Å². The number of benzene rings is 1. The Morgan fingerprint density at radius 1 is 1.09 bits per heavy atom. The zero-order valence-electron chi connectivity index (χ0n) is 19.9. The van der Waals surface area contributed by atoms with E-state index in [0.29, 0.717) is 24.6 Å². The maximum atomic E-state index is 12.6. The third-order valence-electron chi connectivity index (χ3n) is 5.44. The van der Waals surface area contributed by atoms with Crippen molar-refractivity contribution in [3.8, 4) is 0 Å². The molecule has 0 radical (unpaired) electrons. The molecule has 0 atom stereocenters. The van der Waals surface area contributed by atoms with Gasteiger partial charge in [-0.3, -0.25) is 9.59 Å². The van der Waals surface area contributed by atoms with E-state index in [2.05, 4.69) is 10.1 Å². The molecule has 0 aliphatic carbocycles. The second kappa shape index (κ2) is 11.1. The number of hydrogen-bond acceptors (Lipinski definition) is 8. The molecule has 2 aromatic rings. The number of ether oxygens (including phenoxy) is 1. The summed E-state index contributed by atoms with van der Waals surface area (Å²) in [5.74, 6) is 0.200. The summed E-state index contributed by atoms with van der Waals surface area (Å²) in [6, 6.07) is 8.99. The van der Waals surface area contributed by atoms with Crippen molar-refractivity contribution in [1.82, 2.24) is 19.3 Å². The van der Waals surface area contributed by atoms with Crippen molar-refractivity contribution in [1.29, 1.82) is 0 Å². The number of piperazine rings is 1. The van der Waals surface area contributed by atoms with Crippen LogP contribution in [0.5, 0.6) is 0 Å². The maximum Gasteiger partial charge on any atom is 0.306 e. The summed E-state index contributed by atoms with van der Waals surface area (Å²) in [4.78, 5) is 30.2. The van der Waals surface area contributed by atoms with E-state index >= 15 is 0 Å². The standard InChI is InChI=1S/C23H32N4O6S/c1-23(2,3)22-24-19(33-25-22)10-7-11-21(29)32-16-20(28)26-12-14-27(15-13-26)34(30,31)17-18-8-5-4-6-9-18/h4-6,8-9H,7,10-17H2,1-3H3. The van der Waals surface area contributed by atoms with Crippen molar-refractivity contribution in [3.63, 3.8) is 0 Å². The summed E-state index contributed by atoms with van der Waals surface area (Å²) in [6.07, 6.45) is 1.05. The Kier molecular flexibility index (Phi) is 8.42. The molecule has 1 aromatic heterocycles. The van der Waals surface area contributed by atoms with Gasteiger partial charge in [-0.1, -0.05) is 56.3 Å². The molecule has 1 fully saturated rings. The van der Waals surface area contributed by atoms with Crippen LogP contribution in [0, 0.1) is 0 Å². The molecule has 1 amide bonds. The van der Waals surface area contributed by atoms with E-state index in [0.717, 1.165) is 5.56 Å². The van der Waals surface area contributed by atoms with E-state index in [1.54, 1.807) is 24.3 Å². The van der Waals surface area contributed by atoms with Crippen molar-refractivity contribution in [2.45, 2.75) is 51.2 Å². The molecule has 0 unspecified atom stereocenters. The highest BCUT2D eigenvalue weighted by molar-refractivity contribution is 7.88. The molecule has 1 aliphatic rings. The van der Waals surface area contributed by atoms with Crippen molar-refractivity contribution < 1.29 is 27.3 Å². The van der Waals surface area contributed by atoms with Crippen LogP contribution in [0.25, 0.3) is 0 Å². The van der Waals surface area contributed by atoms with Crippen LogP contribution in [0.1, 0.15) is 50.9 Å². The zero-order chi connectivity index (χ0) is 24.8. The summed E-state index contributed by atoms with van der Waals surface area (Å²) in [7, 11) is -3.46. The van der Waals surface area contributed by atoms with Crippen molar-refractivity contribution in [2.24, 2.45) is 0 Å². The largest absolute Gasteiger partial charge is 0.456 e. The number of nitrogens with zero attached hydrogens (tertiary/aromatic N) is 4. The number of aryl methyl sites for hydroxylation is 1. The first-order chi connectivity index (χ1) is 16.0. The molecule has 1 saturated heterocycles. The van der Waals surface area contributed by atoms with Crippen LogP contribution in [0.3, 0.4) is 0 Å². The molecule has 11 heteroatoms. The molecule has 10 nitrogen and oxygen atoms in total. The van der Waals surface area contributed by atoms with E-state index in [9.17, 15) is 18.0 Å². The molecule has 0 bridgehead atoms. The molecule has 186 valence electrons. The minimum atomic E-state index is -3.46. The summed E-state index contributed by atoms with van der Waals surface area (Å²) < 4.78 is 37.0. The smallest absolute Gasteiger partial charge is 0.306 e. The van der Waals surface area contributed by atoms with Crippen molar-refractivity contribution >= 4 is 21.9 Å². The van der Waals surface area contributed by atoms with E-state index in [-0.39, 0.29) is 56.3 Å². The number of esters is 1. The predicted molar refractivity (Wildman–Crippen MR) is 124 cm³/mol. The zero-order valence-corrected chi connectivity index (χ0v) is 20.7. The molecule has 0 N–H and O–H groups in total. The van der Waals surface area contributed by atoms with E-state index in [1.807, 2.05) is 26.8 Å². The average Bonchev–Trinajstić information content (AvgIpc) is 3.27. The third kappa shape index (κ3) is 7.36. The molecule has 3 rings (SSSR count). The number of amides is 1. The maximum absolute atomic E-state index is 12.6. The van der Waals surface area contributed by atoms with Gasteiger partial charge in [0.15, 0.2) is 12.4 Å². The normalized spacial score (nSPS) is 15.3. The summed E-state index contributed by atoms with van der Waals surface area (Å²) in [6.45, 7) is 6.56. The lowest BCUT2D eigenvalue weighted by Crippen LogP contribution is -2.51. The second-order valence-electron chi connectivity index (χ2n) is 9.30. The van der Waals surface area contributed by atoms with Crippen LogP contribution >= 0.6 is 0 Å². The van der Waals surface area contributed by atoms with Crippen LogP contribution in [-0.2, 0) is 41.9 Å². The van der Waals surface area contributed by atoms with Gasteiger partial charge in [-0.2, -0.15) is 9.29 Å². The molecule has 1 aliphatic heterocycles. The van der Waals surface area contributed by atoms with Crippen LogP contribution in [-0.4, -0.2) is 72.4 Å². The lowest BCUT2D eigenvalue weighted by molar-refractivity contribution is -0.152. The van der Waals surface area contributed by atoms with Crippen molar-refractivity contribution in [2.75, 3.05) is 32.8 Å². The molecule has 2 heterocycles. The van der Waals surface area contributed by atoms with Gasteiger partial charge in [0.2, 0.25) is 15.9 Å². The van der Waals surface area contributed by atoms with Crippen LogP contribution in [0.2, 0.25) is 0 Å². The fourth-order valence-corrected chi connectivity index (χ4v) is 4.96. The highest BCUT2D eigenvalue weighted by Gasteiger charge is 2.29. The molecule has 1 aromatic carbocycles. The minimum Gasteiger partial charge on any atom is -0.456 e. The topological polar surface area (TPSA) is 123 Å². The lowest BCUT2D eigenvalue weighted by Gasteiger charge is -2.33. The fourth-order valence-electron chi connectivity index (χ4n) is 3.44. The second-order valence-corrected chi connectivity index (χ2v) is 11.3. The summed E-state index contributed by atoms with van der Waals surface area (Å²) in [5.41, 5.74) is 0.514. The number of hydrogen-bond donors (Lipinski definition) is 0. The van der Waals surface area contributed by atoms with Crippen molar-refractivity contribution in [3.05, 3.63) is 47.6 Å². The fraction of sp³-hybridized carbons (Fsp3) is 0.565. The van der Waals surface area contributed by atoms with Gasteiger partial charge >= 0.3 is 5.97 Å². The first kappa shape index (κ1) is 25.8. The Morgan fingerprint density at radius 2 is 1.76 bits per heavy atom. The number of aromatic nitrogens is 2. The van der Waals surface area contributed by atoms with E-state index < -0.39 is 16.0 Å². The quantitative estimate of drug-likeness (QED) is 0.487. The molecule has 0 spiro atoms. The van der Waals surface area contributed by atoms with Gasteiger partial charge in [0.25, 0.3) is 5.91 Å². The molecule has 34 heavy (non-hydrogen) atoms. The Labute approximate surface area is 200 Å². The summed E-state index contributed by atoms with van der Waals surface area (Å²) in [5, 5.41) is 3.94. The number of carbonyl (C=O) groups is 2. The van der Waals surface area contributed by atoms with E-state index in [4.69, 9.17) is 9.26 Å². The number of rotatable bonds is 9. The SMILES string of the molecule is CC(C)(C)c1noc(CCCC(=O)OCC(=O)N2CCN(S(=O)(=O)Cc3ccccc3)CC2)n1. The van der Waals surface area contributed by atoms with E-state index in [1.165, 1.54) is 9.21 Å². The van der Waals surface area contributed by atoms with Gasteiger partial charge in [0.1, 0.15) is 0 Å². The molecule has 0 saturated carbocycles. The highest BCUT2D eigenvalue weighted by Crippen LogP contribution is 2.19.